The fourth-order valence-electron chi connectivity index (χ4n) is 1.69. The van der Waals surface area contributed by atoms with Crippen LogP contribution >= 0.6 is 11.6 Å². The van der Waals surface area contributed by atoms with Gasteiger partial charge in [-0.25, -0.2) is 4.79 Å². The Morgan fingerprint density at radius 1 is 1.14 bits per heavy atom. The highest BCUT2D eigenvalue weighted by Gasteiger charge is 2.10. The van der Waals surface area contributed by atoms with E-state index in [-0.39, 0.29) is 11.4 Å². The van der Waals surface area contributed by atoms with Crippen molar-refractivity contribution < 1.29 is 4.79 Å². The molecule has 2 rings (SSSR count). The number of hydrazine groups is 1. The van der Waals surface area contributed by atoms with Crippen LogP contribution in [0.3, 0.4) is 0 Å². The monoisotopic (exact) mass is 308 g/mol. The van der Waals surface area contributed by atoms with Gasteiger partial charge in [0, 0.05) is 20.2 Å². The maximum absolute atomic E-state index is 12.0. The Labute approximate surface area is 124 Å². The van der Waals surface area contributed by atoms with Crippen LogP contribution in [0.1, 0.15) is 10.4 Å². The smallest absolute Gasteiger partial charge is 0.283 e. The van der Waals surface area contributed by atoms with Crippen molar-refractivity contribution in [1.82, 2.24) is 14.6 Å². The number of hydrogen-bond acceptors (Lipinski definition) is 4. The van der Waals surface area contributed by atoms with Gasteiger partial charge in [0.05, 0.1) is 10.6 Å². The van der Waals surface area contributed by atoms with Crippen LogP contribution in [-0.2, 0) is 14.1 Å². The van der Waals surface area contributed by atoms with Crippen LogP contribution in [0, 0.1) is 0 Å². The Morgan fingerprint density at radius 2 is 1.81 bits per heavy atom. The number of aromatic nitrogens is 2. The van der Waals surface area contributed by atoms with Gasteiger partial charge in [-0.2, -0.15) is 0 Å². The second kappa shape index (κ2) is 5.84. The predicted octanol–water partition coefficient (Wildman–Crippen LogP) is 0.494. The molecule has 0 unspecified atom stereocenters. The van der Waals surface area contributed by atoms with Crippen molar-refractivity contribution in [3.8, 4) is 0 Å². The van der Waals surface area contributed by atoms with Crippen molar-refractivity contribution in [1.29, 1.82) is 0 Å². The van der Waals surface area contributed by atoms with E-state index in [4.69, 9.17) is 11.6 Å². The Bertz CT molecular complexity index is 810. The molecule has 0 saturated heterocycles. The minimum absolute atomic E-state index is 0.170. The average molecular weight is 309 g/mol. The molecule has 1 heterocycles. The summed E-state index contributed by atoms with van der Waals surface area (Å²) in [4.78, 5) is 35.2. The minimum atomic E-state index is -0.503. The number of benzene rings is 1. The van der Waals surface area contributed by atoms with E-state index in [1.165, 1.54) is 24.7 Å². The molecular formula is C13H13ClN4O3. The summed E-state index contributed by atoms with van der Waals surface area (Å²) in [7, 11) is 2.85. The van der Waals surface area contributed by atoms with E-state index in [1.54, 1.807) is 24.3 Å². The molecule has 1 aromatic heterocycles. The molecule has 0 radical (unpaired) electrons. The van der Waals surface area contributed by atoms with Gasteiger partial charge in [-0.1, -0.05) is 23.7 Å². The summed E-state index contributed by atoms with van der Waals surface area (Å²) in [6.45, 7) is 0. The normalized spacial score (nSPS) is 10.2. The van der Waals surface area contributed by atoms with Gasteiger partial charge in [-0.3, -0.25) is 29.6 Å². The van der Waals surface area contributed by atoms with Gasteiger partial charge in [-0.15, -0.1) is 0 Å². The van der Waals surface area contributed by atoms with Crippen molar-refractivity contribution >= 4 is 23.3 Å². The fraction of sp³-hybridized carbons (Fsp3) is 0.154. The summed E-state index contributed by atoms with van der Waals surface area (Å²) < 4.78 is 2.16. The summed E-state index contributed by atoms with van der Waals surface area (Å²) in [5, 5.41) is 0.301. The van der Waals surface area contributed by atoms with Gasteiger partial charge in [0.2, 0.25) is 0 Å². The third-order valence-corrected chi connectivity index (χ3v) is 3.28. The van der Waals surface area contributed by atoms with E-state index in [1.807, 2.05) is 0 Å². The molecule has 21 heavy (non-hydrogen) atoms. The number of anilines is 1. The molecule has 1 aromatic carbocycles. The second-order valence-corrected chi connectivity index (χ2v) is 4.73. The van der Waals surface area contributed by atoms with E-state index in [0.717, 1.165) is 4.57 Å². The quantitative estimate of drug-likeness (QED) is 0.808. The lowest BCUT2D eigenvalue weighted by molar-refractivity contribution is 0.0962. The number of amides is 1. The molecule has 0 aliphatic heterocycles. The molecule has 2 aromatic rings. The topological polar surface area (TPSA) is 85.1 Å². The lowest BCUT2D eigenvalue weighted by atomic mass is 10.2. The third kappa shape index (κ3) is 2.97. The Kier molecular flexibility index (Phi) is 4.13. The molecule has 1 amide bonds. The van der Waals surface area contributed by atoms with Crippen molar-refractivity contribution in [2.24, 2.45) is 14.1 Å². The first-order chi connectivity index (χ1) is 9.91. The summed E-state index contributed by atoms with van der Waals surface area (Å²) in [6.07, 6.45) is 0. The molecular weight excluding hydrogens is 296 g/mol. The average Bonchev–Trinajstić information content (AvgIpc) is 2.47. The van der Waals surface area contributed by atoms with E-state index < -0.39 is 17.2 Å². The summed E-state index contributed by atoms with van der Waals surface area (Å²) in [5.41, 5.74) is 4.22. The number of halogens is 1. The maximum atomic E-state index is 12.0. The van der Waals surface area contributed by atoms with Crippen molar-refractivity contribution in [2.75, 3.05) is 5.43 Å². The number of hydrogen-bond donors (Lipinski definition) is 2. The standard InChI is InChI=1S/C13H13ClN4O3/c1-17-10(7-11(19)18(2)13(17)21)15-16-12(20)8-5-3-4-6-9(8)14/h3-7,15H,1-2H3,(H,16,20). The predicted molar refractivity (Wildman–Crippen MR) is 79.5 cm³/mol. The van der Waals surface area contributed by atoms with Crippen molar-refractivity contribution in [3.05, 3.63) is 61.8 Å². The number of carbonyl (C=O) groups excluding carboxylic acids is 1. The van der Waals surface area contributed by atoms with Crippen LogP contribution in [0.5, 0.6) is 0 Å². The number of carbonyl (C=O) groups is 1. The largest absolute Gasteiger partial charge is 0.332 e. The number of nitrogens with zero attached hydrogens (tertiary/aromatic N) is 2. The molecule has 0 atom stereocenters. The van der Waals surface area contributed by atoms with Crippen molar-refractivity contribution in [3.63, 3.8) is 0 Å². The first-order valence-corrected chi connectivity index (χ1v) is 6.37. The number of nitrogens with one attached hydrogen (secondary N) is 2. The molecule has 7 nitrogen and oxygen atoms in total. The lowest BCUT2D eigenvalue weighted by Gasteiger charge is -2.13. The molecule has 8 heteroatoms. The van der Waals surface area contributed by atoms with Crippen molar-refractivity contribution in [2.45, 2.75) is 0 Å². The zero-order valence-corrected chi connectivity index (χ0v) is 12.1. The SMILES string of the molecule is Cn1c(NNC(=O)c2ccccc2Cl)cc(=O)n(C)c1=O. The van der Waals surface area contributed by atoms with Crippen LogP contribution in [0.25, 0.3) is 0 Å². The van der Waals surface area contributed by atoms with Gasteiger partial charge in [0.25, 0.3) is 11.5 Å². The summed E-state index contributed by atoms with van der Waals surface area (Å²) in [6, 6.07) is 7.73. The zero-order chi connectivity index (χ0) is 15.6. The van der Waals surface area contributed by atoms with Crippen LogP contribution < -0.4 is 22.1 Å². The first kappa shape index (κ1) is 14.9. The summed E-state index contributed by atoms with van der Waals surface area (Å²) in [5.74, 6) is -0.308. The Morgan fingerprint density at radius 3 is 2.48 bits per heavy atom. The van der Waals surface area contributed by atoms with E-state index in [9.17, 15) is 14.4 Å². The van der Waals surface area contributed by atoms with Crippen LogP contribution in [0.4, 0.5) is 5.82 Å². The lowest BCUT2D eigenvalue weighted by Crippen LogP contribution is -2.40. The molecule has 0 aliphatic carbocycles. The molecule has 0 bridgehead atoms. The number of rotatable bonds is 3. The van der Waals surface area contributed by atoms with Gasteiger partial charge >= 0.3 is 5.69 Å². The molecule has 0 saturated carbocycles. The van der Waals surface area contributed by atoms with Crippen LogP contribution in [0.15, 0.2) is 39.9 Å². The third-order valence-electron chi connectivity index (χ3n) is 2.95. The minimum Gasteiger partial charge on any atom is -0.283 e. The first-order valence-electron chi connectivity index (χ1n) is 5.99. The molecule has 110 valence electrons. The van der Waals surface area contributed by atoms with Gasteiger partial charge in [0.15, 0.2) is 0 Å². The second-order valence-electron chi connectivity index (χ2n) is 4.33. The molecule has 0 aliphatic rings. The Balaban J connectivity index is 2.22. The molecule has 0 spiro atoms. The molecule has 0 fully saturated rings. The highest BCUT2D eigenvalue weighted by Crippen LogP contribution is 2.14. The van der Waals surface area contributed by atoms with E-state index in [0.29, 0.717) is 5.02 Å². The van der Waals surface area contributed by atoms with Crippen LogP contribution in [-0.4, -0.2) is 15.0 Å². The fourth-order valence-corrected chi connectivity index (χ4v) is 1.91. The van der Waals surface area contributed by atoms with E-state index >= 15 is 0 Å². The zero-order valence-electron chi connectivity index (χ0n) is 11.4. The highest BCUT2D eigenvalue weighted by atomic mass is 35.5. The van der Waals surface area contributed by atoms with Crippen LogP contribution in [0.2, 0.25) is 5.02 Å². The van der Waals surface area contributed by atoms with Gasteiger partial charge in [0.1, 0.15) is 5.82 Å². The Hall–Kier alpha value is -2.54. The maximum Gasteiger partial charge on any atom is 0.332 e. The van der Waals surface area contributed by atoms with E-state index in [2.05, 4.69) is 10.9 Å². The molecule has 2 N–H and O–H groups in total. The van der Waals surface area contributed by atoms with Gasteiger partial charge in [-0.05, 0) is 12.1 Å². The highest BCUT2D eigenvalue weighted by molar-refractivity contribution is 6.33. The summed E-state index contributed by atoms with van der Waals surface area (Å²) >= 11 is 5.91. The van der Waals surface area contributed by atoms with Gasteiger partial charge < -0.3 is 0 Å².